The number of ether oxygens (including phenoxy) is 1. The fraction of sp³-hybridized carbons (Fsp3) is 0.773. The summed E-state index contributed by atoms with van der Waals surface area (Å²) in [5, 5.41) is 2.08. The van der Waals surface area contributed by atoms with Crippen LogP contribution in [-0.4, -0.2) is 50.5 Å². The molecule has 0 aromatic heterocycles. The lowest BCUT2D eigenvalue weighted by Gasteiger charge is -2.26. The second-order valence-electron chi connectivity index (χ2n) is 9.79. The van der Waals surface area contributed by atoms with E-state index in [1.165, 1.54) is 13.8 Å². The van der Waals surface area contributed by atoms with E-state index >= 15 is 0 Å². The van der Waals surface area contributed by atoms with Gasteiger partial charge in [-0.15, -0.1) is 0 Å². The third-order valence-electron chi connectivity index (χ3n) is 4.48. The summed E-state index contributed by atoms with van der Waals surface area (Å²) in [6.07, 6.45) is 0.745. The van der Waals surface area contributed by atoms with Crippen LogP contribution in [0.5, 0.6) is 0 Å². The number of nitrogens with one attached hydrogen (secondary N) is 3. The van der Waals surface area contributed by atoms with Gasteiger partial charge in [-0.3, -0.25) is 19.2 Å². The molecule has 3 atom stereocenters. The second-order valence-corrected chi connectivity index (χ2v) is 11.4. The summed E-state index contributed by atoms with van der Waals surface area (Å²) in [5.41, 5.74) is 9.97. The van der Waals surface area contributed by atoms with Gasteiger partial charge in [0.15, 0.2) is 5.78 Å². The van der Waals surface area contributed by atoms with Gasteiger partial charge in [-0.2, -0.15) is 8.42 Å². The molecule has 12 heteroatoms. The first-order valence-electron chi connectivity index (χ1n) is 11.4. The molecule has 0 saturated carbocycles. The van der Waals surface area contributed by atoms with E-state index < -0.39 is 56.5 Å². The smallest absolute Gasteiger partial charge is 0.422 e. The molecule has 0 bridgehead atoms. The topological polar surface area (TPSA) is 166 Å². The number of nitrogens with two attached hydrogens (primary N) is 1. The molecule has 0 unspecified atom stereocenters. The molecule has 0 rings (SSSR count). The molecule has 0 fully saturated rings. The molecule has 2 amide bonds. The fourth-order valence-electron chi connectivity index (χ4n) is 2.95. The highest BCUT2D eigenvalue weighted by molar-refractivity contribution is 7.90. The zero-order valence-corrected chi connectivity index (χ0v) is 22.5. The first-order chi connectivity index (χ1) is 15.4. The lowest BCUT2D eigenvalue weighted by atomic mass is 9.90. The summed E-state index contributed by atoms with van der Waals surface area (Å²) < 4.78 is 33.9. The summed E-state index contributed by atoms with van der Waals surface area (Å²) in [6, 6.07) is -1.80. The Morgan fingerprint density at radius 1 is 1.06 bits per heavy atom. The van der Waals surface area contributed by atoms with Gasteiger partial charge in [-0.1, -0.05) is 27.7 Å². The highest BCUT2D eigenvalue weighted by atomic mass is 32.2. The summed E-state index contributed by atoms with van der Waals surface area (Å²) in [6.45, 7) is 15.4. The Hall–Kier alpha value is -2.18. The number of amides is 2. The van der Waals surface area contributed by atoms with Crippen molar-refractivity contribution in [2.75, 3.05) is 6.61 Å². The van der Waals surface area contributed by atoms with Crippen LogP contribution in [0.15, 0.2) is 11.1 Å². The predicted octanol–water partition coefficient (Wildman–Crippen LogP) is 1.94. The molecule has 0 aliphatic heterocycles. The maximum Gasteiger partial charge on any atom is 0.422 e. The zero-order chi connectivity index (χ0) is 26.9. The van der Waals surface area contributed by atoms with Crippen molar-refractivity contribution in [1.82, 2.24) is 16.2 Å². The summed E-state index contributed by atoms with van der Waals surface area (Å²) in [4.78, 5) is 37.8. The molecule has 34 heavy (non-hydrogen) atoms. The van der Waals surface area contributed by atoms with Gasteiger partial charge >= 0.3 is 16.2 Å². The van der Waals surface area contributed by atoms with Crippen molar-refractivity contribution in [2.24, 2.45) is 23.5 Å². The van der Waals surface area contributed by atoms with Gasteiger partial charge in [0.1, 0.15) is 16.7 Å². The van der Waals surface area contributed by atoms with E-state index in [4.69, 9.17) is 10.5 Å². The third kappa shape index (κ3) is 11.8. The molecule has 0 radical (unpaired) electrons. The molecule has 0 aliphatic carbocycles. The van der Waals surface area contributed by atoms with Crippen molar-refractivity contribution in [2.45, 2.75) is 86.4 Å². The molecule has 11 nitrogen and oxygen atoms in total. The van der Waals surface area contributed by atoms with Crippen LogP contribution in [0.3, 0.4) is 0 Å². The van der Waals surface area contributed by atoms with Gasteiger partial charge in [0.05, 0.1) is 12.6 Å². The van der Waals surface area contributed by atoms with Crippen molar-refractivity contribution < 1.29 is 31.7 Å². The third-order valence-corrected chi connectivity index (χ3v) is 5.74. The summed E-state index contributed by atoms with van der Waals surface area (Å²) in [7, 11) is -4.14. The van der Waals surface area contributed by atoms with Crippen LogP contribution in [0.4, 0.5) is 4.79 Å². The number of carbonyl (C=O) groups excluding carboxylic acids is 3. The Kier molecular flexibility index (Phi) is 12.8. The van der Waals surface area contributed by atoms with Crippen molar-refractivity contribution in [3.8, 4) is 0 Å². The number of hydrogen-bond acceptors (Lipinski definition) is 9. The number of rotatable bonds is 13. The Balaban J connectivity index is 5.46. The van der Waals surface area contributed by atoms with Gasteiger partial charge in [-0.25, -0.2) is 10.2 Å². The van der Waals surface area contributed by atoms with Crippen molar-refractivity contribution >= 4 is 27.9 Å². The highest BCUT2D eigenvalue weighted by Gasteiger charge is 2.30. The van der Waals surface area contributed by atoms with Crippen LogP contribution >= 0.6 is 0 Å². The van der Waals surface area contributed by atoms with E-state index in [9.17, 15) is 22.8 Å². The molecule has 0 saturated heterocycles. The number of Topliss-reactive ketones (excluding diaryl/α,β-unsaturated/α-hetero) is 1. The van der Waals surface area contributed by atoms with Crippen LogP contribution in [-0.2, 0) is 28.6 Å². The summed E-state index contributed by atoms with van der Waals surface area (Å²) in [5.74, 6) is -1.96. The van der Waals surface area contributed by atoms with Crippen LogP contribution in [0.1, 0.15) is 68.7 Å². The minimum Gasteiger partial charge on any atom is -0.443 e. The standard InChI is InChI=1S/C22H42N4O7S/c1-10-32-34(30,31)17(23)12-16(11-13(2)3)19(27)15(6)24-20(28)18(14(4)5)25-26-21(29)33-22(7,8)9/h12-16,18,25H,10-11,23H2,1-9H3,(H,24,28)(H,26,29)/b17-12+/t15-,16-,18-/m0/s1. The minimum atomic E-state index is -4.14. The van der Waals surface area contributed by atoms with E-state index in [2.05, 4.69) is 20.4 Å². The first kappa shape index (κ1) is 31.8. The lowest BCUT2D eigenvalue weighted by molar-refractivity contribution is -0.130. The Morgan fingerprint density at radius 2 is 1.62 bits per heavy atom. The van der Waals surface area contributed by atoms with Gasteiger partial charge in [-0.05, 0) is 59.0 Å². The fourth-order valence-corrected chi connectivity index (χ4v) is 3.73. The van der Waals surface area contributed by atoms with Crippen molar-refractivity contribution in [3.63, 3.8) is 0 Å². The average molecular weight is 507 g/mol. The largest absolute Gasteiger partial charge is 0.443 e. The normalized spacial score (nSPS) is 15.6. The highest BCUT2D eigenvalue weighted by Crippen LogP contribution is 2.19. The van der Waals surface area contributed by atoms with E-state index in [0.29, 0.717) is 6.42 Å². The molecule has 0 spiro atoms. The Morgan fingerprint density at radius 3 is 2.06 bits per heavy atom. The predicted molar refractivity (Wildman–Crippen MR) is 130 cm³/mol. The molecule has 198 valence electrons. The molecule has 0 aromatic carbocycles. The van der Waals surface area contributed by atoms with Gasteiger partial charge in [0.2, 0.25) is 5.91 Å². The van der Waals surface area contributed by atoms with Crippen molar-refractivity contribution in [1.29, 1.82) is 0 Å². The van der Waals surface area contributed by atoms with E-state index in [-0.39, 0.29) is 18.4 Å². The Labute approximate surface area is 203 Å². The molecule has 0 aliphatic rings. The van der Waals surface area contributed by atoms with Gasteiger partial charge in [0.25, 0.3) is 0 Å². The van der Waals surface area contributed by atoms with Gasteiger partial charge in [0, 0.05) is 5.92 Å². The van der Waals surface area contributed by atoms with Crippen LogP contribution in [0.2, 0.25) is 0 Å². The number of allylic oxidation sites excluding steroid dienone is 1. The maximum absolute atomic E-state index is 13.1. The minimum absolute atomic E-state index is 0.0545. The Bertz CT molecular complexity index is 833. The van der Waals surface area contributed by atoms with Crippen LogP contribution in [0, 0.1) is 17.8 Å². The molecular formula is C22H42N4O7S. The zero-order valence-electron chi connectivity index (χ0n) is 21.7. The van der Waals surface area contributed by atoms with E-state index in [0.717, 1.165) is 6.08 Å². The SMILES string of the molecule is CCOS(=O)(=O)/C(N)=C/[C@H](CC(C)C)C(=O)[C@H](C)NC(=O)[C@@H](NNC(=O)OC(C)(C)C)C(C)C. The monoisotopic (exact) mass is 506 g/mol. The molecule has 0 heterocycles. The summed E-state index contributed by atoms with van der Waals surface area (Å²) >= 11 is 0. The lowest BCUT2D eigenvalue weighted by Crippen LogP contribution is -2.57. The number of hydrogen-bond donors (Lipinski definition) is 4. The second kappa shape index (κ2) is 13.6. The first-order valence-corrected chi connectivity index (χ1v) is 12.8. The quantitative estimate of drug-likeness (QED) is 0.216. The number of ketones is 1. The van der Waals surface area contributed by atoms with Crippen molar-refractivity contribution in [3.05, 3.63) is 11.1 Å². The van der Waals surface area contributed by atoms with Crippen LogP contribution < -0.4 is 21.9 Å². The van der Waals surface area contributed by atoms with Gasteiger partial charge < -0.3 is 15.8 Å². The van der Waals surface area contributed by atoms with E-state index in [1.54, 1.807) is 34.6 Å². The molecular weight excluding hydrogens is 464 g/mol. The number of carbonyl (C=O) groups is 3. The number of hydrazine groups is 1. The average Bonchev–Trinajstić information content (AvgIpc) is 2.64. The molecule has 0 aromatic rings. The maximum atomic E-state index is 13.1. The van der Waals surface area contributed by atoms with E-state index in [1.807, 2.05) is 13.8 Å². The van der Waals surface area contributed by atoms with Crippen LogP contribution in [0.25, 0.3) is 0 Å². The molecule has 5 N–H and O–H groups in total.